The van der Waals surface area contributed by atoms with E-state index in [0.717, 1.165) is 29.1 Å². The number of pyridine rings is 1. The lowest BCUT2D eigenvalue weighted by Gasteiger charge is -2.07. The molecule has 1 aliphatic carbocycles. The Kier molecular flexibility index (Phi) is 2.89. The van der Waals surface area contributed by atoms with E-state index in [1.165, 1.54) is 16.9 Å². The van der Waals surface area contributed by atoms with Gasteiger partial charge in [-0.3, -0.25) is 14.2 Å². The highest BCUT2D eigenvalue weighted by molar-refractivity contribution is 7.15. The zero-order valence-electron chi connectivity index (χ0n) is 11.7. The number of rotatable bonds is 3. The maximum Gasteiger partial charge on any atom is 0.261 e. The summed E-state index contributed by atoms with van der Waals surface area (Å²) in [6.45, 7) is 2.03. The summed E-state index contributed by atoms with van der Waals surface area (Å²) in [4.78, 5) is 22.3. The molecule has 1 saturated carbocycles. The standard InChI is InChI=1S/C16H15N3OS/c1-2-11-14(18-16-19(15(11)20)6-7-21-16)13-8-12(13)10-4-3-5-17-9-10/h3-7,9,12-13H,2,8H2,1H3/t12-,13+/m0/s1. The summed E-state index contributed by atoms with van der Waals surface area (Å²) in [7, 11) is 0. The van der Waals surface area contributed by atoms with Crippen molar-refractivity contribution in [2.24, 2.45) is 0 Å². The van der Waals surface area contributed by atoms with Gasteiger partial charge < -0.3 is 0 Å². The molecular formula is C16H15N3OS. The average molecular weight is 297 g/mol. The zero-order chi connectivity index (χ0) is 14.4. The van der Waals surface area contributed by atoms with E-state index in [4.69, 9.17) is 4.98 Å². The lowest BCUT2D eigenvalue weighted by Crippen LogP contribution is -2.20. The van der Waals surface area contributed by atoms with Gasteiger partial charge in [-0.05, 0) is 30.4 Å². The van der Waals surface area contributed by atoms with Gasteiger partial charge in [0.2, 0.25) is 0 Å². The Morgan fingerprint density at radius 1 is 1.43 bits per heavy atom. The van der Waals surface area contributed by atoms with Gasteiger partial charge in [-0.25, -0.2) is 4.98 Å². The van der Waals surface area contributed by atoms with Gasteiger partial charge in [0.1, 0.15) is 0 Å². The number of aromatic nitrogens is 3. The van der Waals surface area contributed by atoms with Crippen LogP contribution in [0.4, 0.5) is 0 Å². The van der Waals surface area contributed by atoms with Crippen molar-refractivity contribution in [1.82, 2.24) is 14.4 Å². The molecule has 106 valence electrons. The fourth-order valence-electron chi connectivity index (χ4n) is 3.03. The quantitative estimate of drug-likeness (QED) is 0.746. The summed E-state index contributed by atoms with van der Waals surface area (Å²) in [6, 6.07) is 4.08. The zero-order valence-corrected chi connectivity index (χ0v) is 12.5. The molecule has 0 aromatic carbocycles. The Hall–Kier alpha value is -2.01. The maximum absolute atomic E-state index is 12.5. The molecule has 1 fully saturated rings. The van der Waals surface area contributed by atoms with Crippen molar-refractivity contribution in [1.29, 1.82) is 0 Å². The van der Waals surface area contributed by atoms with E-state index in [0.29, 0.717) is 11.8 Å². The molecule has 0 bridgehead atoms. The molecule has 5 heteroatoms. The molecule has 0 saturated heterocycles. The molecule has 4 rings (SSSR count). The van der Waals surface area contributed by atoms with Crippen LogP contribution in [0.15, 0.2) is 40.9 Å². The molecule has 0 radical (unpaired) electrons. The Morgan fingerprint density at radius 3 is 3.10 bits per heavy atom. The van der Waals surface area contributed by atoms with Crippen LogP contribution in [0.5, 0.6) is 0 Å². The monoisotopic (exact) mass is 297 g/mol. The minimum Gasteiger partial charge on any atom is -0.269 e. The van der Waals surface area contributed by atoms with Crippen LogP contribution in [-0.2, 0) is 6.42 Å². The van der Waals surface area contributed by atoms with Crippen molar-refractivity contribution in [3.8, 4) is 0 Å². The fraction of sp³-hybridized carbons (Fsp3) is 0.312. The topological polar surface area (TPSA) is 47.3 Å². The van der Waals surface area contributed by atoms with Crippen molar-refractivity contribution in [2.75, 3.05) is 0 Å². The van der Waals surface area contributed by atoms with E-state index in [1.807, 2.05) is 30.8 Å². The number of hydrogen-bond acceptors (Lipinski definition) is 4. The van der Waals surface area contributed by atoms with Crippen LogP contribution in [-0.4, -0.2) is 14.4 Å². The number of hydrogen-bond donors (Lipinski definition) is 0. The van der Waals surface area contributed by atoms with E-state index < -0.39 is 0 Å². The maximum atomic E-state index is 12.5. The third kappa shape index (κ3) is 2.00. The second kappa shape index (κ2) is 4.77. The van der Waals surface area contributed by atoms with Crippen LogP contribution in [0.25, 0.3) is 4.96 Å². The molecule has 0 N–H and O–H groups in total. The molecule has 0 amide bonds. The Bertz CT molecular complexity index is 853. The third-order valence-electron chi connectivity index (χ3n) is 4.20. The minimum absolute atomic E-state index is 0.0931. The molecule has 0 spiro atoms. The SMILES string of the molecule is CCc1c([C@@H]2C[C@H]2c2cccnc2)nc2sccn2c1=O. The first kappa shape index (κ1) is 12.7. The van der Waals surface area contributed by atoms with E-state index in [9.17, 15) is 4.79 Å². The molecule has 3 aromatic heterocycles. The predicted molar refractivity (Wildman–Crippen MR) is 83.1 cm³/mol. The normalized spacial score (nSPS) is 20.8. The summed E-state index contributed by atoms with van der Waals surface area (Å²) in [6.07, 6.45) is 7.32. The van der Waals surface area contributed by atoms with Gasteiger partial charge in [0.15, 0.2) is 4.96 Å². The van der Waals surface area contributed by atoms with E-state index in [2.05, 4.69) is 11.1 Å². The number of nitrogens with zero attached hydrogens (tertiary/aromatic N) is 3. The smallest absolute Gasteiger partial charge is 0.261 e. The Labute approximate surface area is 126 Å². The Morgan fingerprint density at radius 2 is 2.33 bits per heavy atom. The third-order valence-corrected chi connectivity index (χ3v) is 4.96. The molecular weight excluding hydrogens is 282 g/mol. The first-order chi connectivity index (χ1) is 10.3. The first-order valence-electron chi connectivity index (χ1n) is 7.18. The lowest BCUT2D eigenvalue weighted by molar-refractivity contribution is 0.880. The number of fused-ring (bicyclic) bond motifs is 1. The fourth-order valence-corrected chi connectivity index (χ4v) is 3.75. The summed E-state index contributed by atoms with van der Waals surface area (Å²) in [5, 5.41) is 1.92. The largest absolute Gasteiger partial charge is 0.269 e. The van der Waals surface area contributed by atoms with E-state index >= 15 is 0 Å². The predicted octanol–water partition coefficient (Wildman–Crippen LogP) is 2.98. The van der Waals surface area contributed by atoms with Crippen LogP contribution in [0.1, 0.15) is 42.0 Å². The molecule has 2 atom stereocenters. The van der Waals surface area contributed by atoms with Crippen LogP contribution >= 0.6 is 11.3 Å². The van der Waals surface area contributed by atoms with Gasteiger partial charge in [-0.15, -0.1) is 11.3 Å². The van der Waals surface area contributed by atoms with Crippen molar-refractivity contribution >= 4 is 16.3 Å². The molecule has 4 nitrogen and oxygen atoms in total. The van der Waals surface area contributed by atoms with E-state index in [1.54, 1.807) is 10.6 Å². The van der Waals surface area contributed by atoms with Gasteiger partial charge >= 0.3 is 0 Å². The average Bonchev–Trinajstić information content (AvgIpc) is 3.18. The molecule has 21 heavy (non-hydrogen) atoms. The van der Waals surface area contributed by atoms with Crippen molar-refractivity contribution in [3.63, 3.8) is 0 Å². The molecule has 0 unspecified atom stereocenters. The summed E-state index contributed by atoms with van der Waals surface area (Å²) in [5.74, 6) is 0.822. The van der Waals surface area contributed by atoms with E-state index in [-0.39, 0.29) is 5.56 Å². The second-order valence-corrected chi connectivity index (χ2v) is 6.30. The minimum atomic E-state index is 0.0931. The number of thiazole rings is 1. The van der Waals surface area contributed by atoms with Crippen molar-refractivity contribution in [2.45, 2.75) is 31.6 Å². The van der Waals surface area contributed by atoms with Gasteiger partial charge in [0.25, 0.3) is 5.56 Å². The molecule has 3 heterocycles. The lowest BCUT2D eigenvalue weighted by atomic mass is 10.1. The van der Waals surface area contributed by atoms with Crippen molar-refractivity contribution < 1.29 is 0 Å². The van der Waals surface area contributed by atoms with Crippen LogP contribution in [0.2, 0.25) is 0 Å². The highest BCUT2D eigenvalue weighted by atomic mass is 32.1. The molecule has 3 aromatic rings. The highest BCUT2D eigenvalue weighted by Crippen LogP contribution is 2.54. The molecule has 1 aliphatic rings. The first-order valence-corrected chi connectivity index (χ1v) is 8.06. The second-order valence-electron chi connectivity index (χ2n) is 5.42. The van der Waals surface area contributed by atoms with Gasteiger partial charge in [0.05, 0.1) is 5.69 Å². The molecule has 0 aliphatic heterocycles. The van der Waals surface area contributed by atoms with Crippen LogP contribution in [0, 0.1) is 0 Å². The van der Waals surface area contributed by atoms with Crippen LogP contribution in [0.3, 0.4) is 0 Å². The van der Waals surface area contributed by atoms with Crippen molar-refractivity contribution in [3.05, 3.63) is 63.3 Å². The van der Waals surface area contributed by atoms with Gasteiger partial charge in [0, 0.05) is 35.5 Å². The van der Waals surface area contributed by atoms with Gasteiger partial charge in [-0.2, -0.15) is 0 Å². The summed E-state index contributed by atoms with van der Waals surface area (Å²) < 4.78 is 1.66. The Balaban J connectivity index is 1.79. The van der Waals surface area contributed by atoms with Crippen LogP contribution < -0.4 is 5.56 Å². The summed E-state index contributed by atoms with van der Waals surface area (Å²) in [5.41, 5.74) is 3.20. The summed E-state index contributed by atoms with van der Waals surface area (Å²) >= 11 is 1.52. The van der Waals surface area contributed by atoms with Gasteiger partial charge in [-0.1, -0.05) is 13.0 Å². The highest BCUT2D eigenvalue weighted by Gasteiger charge is 2.42.